The summed E-state index contributed by atoms with van der Waals surface area (Å²) in [7, 11) is 0. The number of anilines is 1. The topological polar surface area (TPSA) is 35.6 Å². The predicted molar refractivity (Wildman–Crippen MR) is 106 cm³/mol. The van der Waals surface area contributed by atoms with E-state index in [2.05, 4.69) is 28.4 Å². The number of piperazine rings is 1. The summed E-state index contributed by atoms with van der Waals surface area (Å²) in [6.07, 6.45) is 3.51. The van der Waals surface area contributed by atoms with Crippen LogP contribution in [0.2, 0.25) is 5.02 Å². The van der Waals surface area contributed by atoms with Gasteiger partial charge in [-0.2, -0.15) is 0 Å². The van der Waals surface area contributed by atoms with Crippen LogP contribution in [0.4, 0.5) is 10.5 Å². The predicted octanol–water partition coefficient (Wildman–Crippen LogP) is 4.18. The van der Waals surface area contributed by atoms with Gasteiger partial charge in [-0.25, -0.2) is 4.79 Å². The molecule has 5 heteroatoms. The maximum Gasteiger partial charge on any atom is 0.321 e. The minimum absolute atomic E-state index is 0.00496. The molecule has 0 atom stereocenters. The van der Waals surface area contributed by atoms with E-state index in [1.54, 1.807) is 0 Å². The van der Waals surface area contributed by atoms with Crippen LogP contribution in [0.1, 0.15) is 23.1 Å². The molecule has 0 saturated carbocycles. The number of rotatable bonds is 3. The summed E-state index contributed by atoms with van der Waals surface area (Å²) >= 11 is 6.06. The molecule has 1 N–H and O–H groups in total. The quantitative estimate of drug-likeness (QED) is 0.881. The second-order valence-corrected chi connectivity index (χ2v) is 7.60. The Kier molecular flexibility index (Phi) is 5.14. The fraction of sp³-hybridized carbons (Fsp3) is 0.381. The van der Waals surface area contributed by atoms with Crippen molar-refractivity contribution in [3.05, 3.63) is 64.2 Å². The number of amides is 2. The third-order valence-electron chi connectivity index (χ3n) is 5.30. The van der Waals surface area contributed by atoms with Gasteiger partial charge in [-0.05, 0) is 60.2 Å². The van der Waals surface area contributed by atoms with Crippen LogP contribution in [0.3, 0.4) is 0 Å². The Balaban J connectivity index is 1.29. The molecule has 2 amide bonds. The van der Waals surface area contributed by atoms with Gasteiger partial charge in [0.1, 0.15) is 0 Å². The molecule has 1 fully saturated rings. The number of nitrogens with one attached hydrogen (secondary N) is 1. The number of carbonyl (C=O) groups excluding carboxylic acids is 1. The van der Waals surface area contributed by atoms with E-state index in [9.17, 15) is 4.79 Å². The lowest BCUT2D eigenvalue weighted by atomic mass is 10.1. The number of urea groups is 1. The van der Waals surface area contributed by atoms with Crippen molar-refractivity contribution in [2.75, 3.05) is 31.5 Å². The Hall–Kier alpha value is -2.04. The molecule has 4 nitrogen and oxygen atoms in total. The molecule has 2 aliphatic rings. The molecule has 0 bridgehead atoms. The van der Waals surface area contributed by atoms with Gasteiger partial charge in [0.05, 0.1) is 0 Å². The molecular formula is C21H24ClN3O. The monoisotopic (exact) mass is 369 g/mol. The van der Waals surface area contributed by atoms with Crippen molar-refractivity contribution >= 4 is 23.3 Å². The van der Waals surface area contributed by atoms with Gasteiger partial charge >= 0.3 is 6.03 Å². The van der Waals surface area contributed by atoms with Gasteiger partial charge in [0.25, 0.3) is 0 Å². The Labute approximate surface area is 159 Å². The van der Waals surface area contributed by atoms with E-state index in [1.807, 2.05) is 29.2 Å². The first-order valence-corrected chi connectivity index (χ1v) is 9.70. The zero-order chi connectivity index (χ0) is 17.9. The second-order valence-electron chi connectivity index (χ2n) is 7.16. The average Bonchev–Trinajstić information content (AvgIpc) is 3.10. The van der Waals surface area contributed by atoms with Crippen LogP contribution in [0, 0.1) is 0 Å². The maximum atomic E-state index is 12.6. The Morgan fingerprint density at radius 2 is 1.81 bits per heavy atom. The normalized spacial score (nSPS) is 17.2. The molecule has 1 aliphatic heterocycles. The third kappa shape index (κ3) is 4.02. The van der Waals surface area contributed by atoms with Crippen molar-refractivity contribution in [2.24, 2.45) is 0 Å². The van der Waals surface area contributed by atoms with Gasteiger partial charge in [0, 0.05) is 43.4 Å². The molecule has 4 rings (SSSR count). The van der Waals surface area contributed by atoms with Gasteiger partial charge < -0.3 is 10.2 Å². The largest absolute Gasteiger partial charge is 0.322 e. The van der Waals surface area contributed by atoms with Crippen LogP contribution in [0.5, 0.6) is 0 Å². The third-order valence-corrected chi connectivity index (χ3v) is 5.54. The van der Waals surface area contributed by atoms with Gasteiger partial charge in [0.2, 0.25) is 0 Å². The van der Waals surface area contributed by atoms with Crippen LogP contribution >= 0.6 is 11.6 Å². The number of benzene rings is 2. The van der Waals surface area contributed by atoms with Crippen LogP contribution < -0.4 is 5.32 Å². The maximum absolute atomic E-state index is 12.6. The number of carbonyl (C=O) groups is 1. The van der Waals surface area contributed by atoms with Crippen molar-refractivity contribution in [1.29, 1.82) is 0 Å². The first-order chi connectivity index (χ1) is 12.7. The number of hydrogen-bond donors (Lipinski definition) is 1. The zero-order valence-corrected chi connectivity index (χ0v) is 15.6. The molecule has 0 aromatic heterocycles. The van der Waals surface area contributed by atoms with Crippen LogP contribution in [-0.2, 0) is 19.4 Å². The smallest absolute Gasteiger partial charge is 0.321 e. The standard InChI is InChI=1S/C21H24ClN3O/c22-19-6-1-3-16(13-19)15-24-9-11-25(12-10-24)21(26)23-20-8-7-17-4-2-5-18(17)14-20/h1,3,6-8,13-14H,2,4-5,9-12,15H2,(H,23,26). The first-order valence-electron chi connectivity index (χ1n) is 9.32. The Bertz CT molecular complexity index is 800. The highest BCUT2D eigenvalue weighted by atomic mass is 35.5. The molecule has 1 heterocycles. The number of hydrogen-bond acceptors (Lipinski definition) is 2. The van der Waals surface area contributed by atoms with Gasteiger partial charge in [-0.1, -0.05) is 29.8 Å². The average molecular weight is 370 g/mol. The van der Waals surface area contributed by atoms with E-state index in [4.69, 9.17) is 11.6 Å². The van der Waals surface area contributed by atoms with E-state index < -0.39 is 0 Å². The van der Waals surface area contributed by atoms with Crippen molar-refractivity contribution in [2.45, 2.75) is 25.8 Å². The number of nitrogens with zero attached hydrogens (tertiary/aromatic N) is 2. The highest BCUT2D eigenvalue weighted by molar-refractivity contribution is 6.30. The minimum Gasteiger partial charge on any atom is -0.322 e. The number of aryl methyl sites for hydroxylation is 2. The Morgan fingerprint density at radius 1 is 1.00 bits per heavy atom. The summed E-state index contributed by atoms with van der Waals surface area (Å²) < 4.78 is 0. The first kappa shape index (κ1) is 17.4. The minimum atomic E-state index is 0.00496. The molecular weight excluding hydrogens is 346 g/mol. The summed E-state index contributed by atoms with van der Waals surface area (Å²) in [5.41, 5.74) is 4.94. The number of halogens is 1. The van der Waals surface area contributed by atoms with E-state index in [-0.39, 0.29) is 6.03 Å². The lowest BCUT2D eigenvalue weighted by molar-refractivity contribution is 0.143. The molecule has 2 aromatic rings. The lowest BCUT2D eigenvalue weighted by Gasteiger charge is -2.34. The van der Waals surface area contributed by atoms with E-state index in [1.165, 1.54) is 23.1 Å². The lowest BCUT2D eigenvalue weighted by Crippen LogP contribution is -2.49. The fourth-order valence-electron chi connectivity index (χ4n) is 3.85. The van der Waals surface area contributed by atoms with Crippen molar-refractivity contribution in [3.8, 4) is 0 Å². The summed E-state index contributed by atoms with van der Waals surface area (Å²) in [4.78, 5) is 16.8. The van der Waals surface area contributed by atoms with Crippen LogP contribution in [-0.4, -0.2) is 42.0 Å². The fourth-order valence-corrected chi connectivity index (χ4v) is 4.07. The summed E-state index contributed by atoms with van der Waals surface area (Å²) in [6.45, 7) is 4.13. The molecule has 1 aliphatic carbocycles. The second kappa shape index (κ2) is 7.68. The van der Waals surface area contributed by atoms with E-state index in [0.717, 1.165) is 56.3 Å². The molecule has 0 radical (unpaired) electrons. The highest BCUT2D eigenvalue weighted by Crippen LogP contribution is 2.25. The van der Waals surface area contributed by atoms with Crippen molar-refractivity contribution in [1.82, 2.24) is 9.80 Å². The SMILES string of the molecule is O=C(Nc1ccc2c(c1)CCC2)N1CCN(Cc2cccc(Cl)c2)CC1. The molecule has 0 spiro atoms. The summed E-state index contributed by atoms with van der Waals surface area (Å²) in [6, 6.07) is 14.3. The molecule has 136 valence electrons. The van der Waals surface area contributed by atoms with E-state index in [0.29, 0.717) is 0 Å². The van der Waals surface area contributed by atoms with Crippen LogP contribution in [0.25, 0.3) is 0 Å². The summed E-state index contributed by atoms with van der Waals surface area (Å²) in [5, 5.41) is 3.84. The van der Waals surface area contributed by atoms with Crippen molar-refractivity contribution < 1.29 is 4.79 Å². The van der Waals surface area contributed by atoms with Gasteiger partial charge in [-0.15, -0.1) is 0 Å². The van der Waals surface area contributed by atoms with Gasteiger partial charge in [-0.3, -0.25) is 4.90 Å². The zero-order valence-electron chi connectivity index (χ0n) is 14.9. The Morgan fingerprint density at radius 3 is 2.62 bits per heavy atom. The molecule has 1 saturated heterocycles. The number of fused-ring (bicyclic) bond motifs is 1. The van der Waals surface area contributed by atoms with Crippen molar-refractivity contribution in [3.63, 3.8) is 0 Å². The van der Waals surface area contributed by atoms with Crippen LogP contribution in [0.15, 0.2) is 42.5 Å². The summed E-state index contributed by atoms with van der Waals surface area (Å²) in [5.74, 6) is 0. The molecule has 26 heavy (non-hydrogen) atoms. The van der Waals surface area contributed by atoms with Gasteiger partial charge in [0.15, 0.2) is 0 Å². The highest BCUT2D eigenvalue weighted by Gasteiger charge is 2.21. The molecule has 2 aromatic carbocycles. The van der Waals surface area contributed by atoms with E-state index >= 15 is 0 Å². The molecule has 0 unspecified atom stereocenters.